The molecule has 0 aromatic rings. The Morgan fingerprint density at radius 1 is 1.29 bits per heavy atom. The number of rotatable bonds is 7. The summed E-state index contributed by atoms with van der Waals surface area (Å²) in [5, 5.41) is 8.86. The van der Waals surface area contributed by atoms with E-state index in [0.717, 1.165) is 0 Å². The Hall–Kier alpha value is -0.780. The third-order valence-corrected chi connectivity index (χ3v) is 2.71. The van der Waals surface area contributed by atoms with Gasteiger partial charge in [0.2, 0.25) is 0 Å². The number of hydrogen-bond donors (Lipinski definition) is 1. The first-order chi connectivity index (χ1) is 7.58. The molecule has 0 fully saturated rings. The molecule has 0 bridgehead atoms. The average molecular weight is 255 g/mol. The second kappa shape index (κ2) is 6.23. The molecular weight excluding hydrogens is 235 g/mol. The van der Waals surface area contributed by atoms with Gasteiger partial charge in [-0.05, 0) is 39.8 Å². The number of alkyl halides is 3. The average Bonchev–Trinajstić information content (AvgIpc) is 2.13. The first-order valence-electron chi connectivity index (χ1n) is 5.61. The van der Waals surface area contributed by atoms with Gasteiger partial charge in [0.05, 0.1) is 12.0 Å². The Morgan fingerprint density at radius 2 is 1.82 bits per heavy atom. The fourth-order valence-electron chi connectivity index (χ4n) is 1.45. The molecule has 102 valence electrons. The molecule has 0 saturated heterocycles. The molecule has 3 nitrogen and oxygen atoms in total. The summed E-state index contributed by atoms with van der Waals surface area (Å²) >= 11 is 0. The van der Waals surface area contributed by atoms with E-state index in [0.29, 0.717) is 19.4 Å². The van der Waals surface area contributed by atoms with Crippen LogP contribution in [0.15, 0.2) is 0 Å². The van der Waals surface area contributed by atoms with Gasteiger partial charge >= 0.3 is 12.1 Å². The molecule has 0 aliphatic rings. The van der Waals surface area contributed by atoms with E-state index in [2.05, 4.69) is 0 Å². The quantitative estimate of drug-likeness (QED) is 0.760. The van der Waals surface area contributed by atoms with Crippen LogP contribution in [0.2, 0.25) is 0 Å². The van der Waals surface area contributed by atoms with Gasteiger partial charge in [0.15, 0.2) is 0 Å². The van der Waals surface area contributed by atoms with Crippen LogP contribution < -0.4 is 0 Å². The summed E-state index contributed by atoms with van der Waals surface area (Å²) in [6.07, 6.45) is -3.38. The van der Waals surface area contributed by atoms with Crippen LogP contribution in [-0.2, 0) is 4.79 Å². The third-order valence-electron chi connectivity index (χ3n) is 2.71. The van der Waals surface area contributed by atoms with Crippen molar-refractivity contribution < 1.29 is 23.1 Å². The molecule has 0 spiro atoms. The van der Waals surface area contributed by atoms with Gasteiger partial charge in [-0.1, -0.05) is 6.92 Å². The zero-order chi connectivity index (χ0) is 13.7. The van der Waals surface area contributed by atoms with E-state index in [9.17, 15) is 18.0 Å². The number of aliphatic carboxylic acids is 1. The molecule has 17 heavy (non-hydrogen) atoms. The van der Waals surface area contributed by atoms with Gasteiger partial charge in [0.1, 0.15) is 0 Å². The Morgan fingerprint density at radius 3 is 2.18 bits per heavy atom. The molecular formula is C11H20F3NO2. The Labute approximate surface area is 99.6 Å². The van der Waals surface area contributed by atoms with E-state index < -0.39 is 24.1 Å². The predicted octanol–water partition coefficient (Wildman–Crippen LogP) is 2.76. The summed E-state index contributed by atoms with van der Waals surface area (Å²) < 4.78 is 36.4. The zero-order valence-electron chi connectivity index (χ0n) is 10.5. The summed E-state index contributed by atoms with van der Waals surface area (Å²) in [6.45, 7) is 4.47. The number of carboxylic acids is 1. The predicted molar refractivity (Wildman–Crippen MR) is 58.8 cm³/mol. The van der Waals surface area contributed by atoms with Gasteiger partial charge in [0.25, 0.3) is 0 Å². The molecule has 0 aromatic carbocycles. The van der Waals surface area contributed by atoms with E-state index in [-0.39, 0.29) is 6.54 Å². The SMILES string of the molecule is CCN(CCCC(C)(C)C(=O)O)CC(F)(F)F. The van der Waals surface area contributed by atoms with Crippen molar-refractivity contribution in [2.75, 3.05) is 19.6 Å². The molecule has 0 radical (unpaired) electrons. The van der Waals surface area contributed by atoms with Crippen molar-refractivity contribution in [1.82, 2.24) is 4.90 Å². The lowest BCUT2D eigenvalue weighted by molar-refractivity contribution is -0.149. The molecule has 0 saturated carbocycles. The van der Waals surface area contributed by atoms with Crippen molar-refractivity contribution in [2.45, 2.75) is 39.8 Å². The van der Waals surface area contributed by atoms with Crippen LogP contribution in [0.3, 0.4) is 0 Å². The number of carbonyl (C=O) groups is 1. The summed E-state index contributed by atoms with van der Waals surface area (Å²) in [4.78, 5) is 12.1. The van der Waals surface area contributed by atoms with Gasteiger partial charge in [-0.3, -0.25) is 9.69 Å². The largest absolute Gasteiger partial charge is 0.481 e. The third kappa shape index (κ3) is 7.20. The van der Waals surface area contributed by atoms with E-state index in [1.807, 2.05) is 0 Å². The van der Waals surface area contributed by atoms with E-state index >= 15 is 0 Å². The van der Waals surface area contributed by atoms with Gasteiger partial charge < -0.3 is 5.11 Å². The first kappa shape index (κ1) is 16.2. The lowest BCUT2D eigenvalue weighted by Gasteiger charge is -2.24. The lowest BCUT2D eigenvalue weighted by Crippen LogP contribution is -2.35. The van der Waals surface area contributed by atoms with E-state index in [1.165, 1.54) is 4.90 Å². The van der Waals surface area contributed by atoms with E-state index in [1.54, 1.807) is 20.8 Å². The van der Waals surface area contributed by atoms with Crippen LogP contribution in [0.25, 0.3) is 0 Å². The number of halogens is 3. The highest BCUT2D eigenvalue weighted by Crippen LogP contribution is 2.23. The smallest absolute Gasteiger partial charge is 0.401 e. The van der Waals surface area contributed by atoms with Crippen molar-refractivity contribution in [2.24, 2.45) is 5.41 Å². The van der Waals surface area contributed by atoms with E-state index in [4.69, 9.17) is 5.11 Å². The lowest BCUT2D eigenvalue weighted by atomic mass is 9.88. The summed E-state index contributed by atoms with van der Waals surface area (Å²) in [6, 6.07) is 0. The maximum atomic E-state index is 12.1. The minimum Gasteiger partial charge on any atom is -0.481 e. The Bertz CT molecular complexity index is 252. The molecule has 0 aliphatic heterocycles. The normalized spacial score (nSPS) is 13.1. The first-order valence-corrected chi connectivity index (χ1v) is 5.61. The van der Waals surface area contributed by atoms with Crippen LogP contribution in [0.5, 0.6) is 0 Å². The molecule has 0 heterocycles. The maximum Gasteiger partial charge on any atom is 0.401 e. The topological polar surface area (TPSA) is 40.5 Å². The standard InChI is InChI=1S/C11H20F3NO2/c1-4-15(8-11(12,13)14)7-5-6-10(2,3)9(16)17/h4-8H2,1-3H3,(H,16,17). The van der Waals surface area contributed by atoms with Crippen molar-refractivity contribution in [3.63, 3.8) is 0 Å². The molecule has 1 N–H and O–H groups in total. The van der Waals surface area contributed by atoms with Gasteiger partial charge in [-0.25, -0.2) is 0 Å². The fourth-order valence-corrected chi connectivity index (χ4v) is 1.45. The second-order valence-corrected chi connectivity index (χ2v) is 4.78. The molecule has 0 amide bonds. The van der Waals surface area contributed by atoms with Crippen LogP contribution in [0.4, 0.5) is 13.2 Å². The number of nitrogens with zero attached hydrogens (tertiary/aromatic N) is 1. The summed E-state index contributed by atoms with van der Waals surface area (Å²) in [5.41, 5.74) is -0.877. The highest BCUT2D eigenvalue weighted by molar-refractivity contribution is 5.73. The van der Waals surface area contributed by atoms with Crippen molar-refractivity contribution in [1.29, 1.82) is 0 Å². The van der Waals surface area contributed by atoms with Crippen LogP contribution in [-0.4, -0.2) is 41.8 Å². The Balaban J connectivity index is 4.05. The van der Waals surface area contributed by atoms with Crippen molar-refractivity contribution >= 4 is 5.97 Å². The molecule has 0 atom stereocenters. The van der Waals surface area contributed by atoms with Crippen LogP contribution >= 0.6 is 0 Å². The molecule has 0 aliphatic carbocycles. The zero-order valence-corrected chi connectivity index (χ0v) is 10.5. The Kier molecular flexibility index (Phi) is 5.95. The van der Waals surface area contributed by atoms with Crippen LogP contribution in [0, 0.1) is 5.41 Å². The minimum atomic E-state index is -4.20. The minimum absolute atomic E-state index is 0.271. The highest BCUT2D eigenvalue weighted by Gasteiger charge is 2.31. The second-order valence-electron chi connectivity index (χ2n) is 4.78. The van der Waals surface area contributed by atoms with Crippen LogP contribution in [0.1, 0.15) is 33.6 Å². The molecule has 0 aromatic heterocycles. The van der Waals surface area contributed by atoms with Gasteiger partial charge in [0, 0.05) is 0 Å². The monoisotopic (exact) mass is 255 g/mol. The number of carboxylic acid groups (broad SMARTS) is 1. The molecule has 0 unspecified atom stereocenters. The maximum absolute atomic E-state index is 12.1. The van der Waals surface area contributed by atoms with Crippen molar-refractivity contribution in [3.05, 3.63) is 0 Å². The fraction of sp³-hybridized carbons (Fsp3) is 0.909. The molecule has 6 heteroatoms. The summed E-state index contributed by atoms with van der Waals surface area (Å²) in [7, 11) is 0. The van der Waals surface area contributed by atoms with Gasteiger partial charge in [-0.2, -0.15) is 13.2 Å². The van der Waals surface area contributed by atoms with Gasteiger partial charge in [-0.15, -0.1) is 0 Å². The van der Waals surface area contributed by atoms with Crippen molar-refractivity contribution in [3.8, 4) is 0 Å². The molecule has 0 rings (SSSR count). The summed E-state index contributed by atoms with van der Waals surface area (Å²) in [5.74, 6) is -0.920. The number of hydrogen-bond acceptors (Lipinski definition) is 2. The highest BCUT2D eigenvalue weighted by atomic mass is 19.4.